The molecule has 6 nitrogen and oxygen atoms in total. The van der Waals surface area contributed by atoms with Gasteiger partial charge in [-0.15, -0.1) is 0 Å². The molecule has 4 rings (SSSR count). The van der Waals surface area contributed by atoms with E-state index in [2.05, 4.69) is 31.2 Å². The Kier molecular flexibility index (Phi) is 5.00. The molecule has 1 amide bonds. The zero-order valence-electron chi connectivity index (χ0n) is 15.0. The molecule has 2 aliphatic heterocycles. The number of hydrogen-bond donors (Lipinski definition) is 1. The summed E-state index contributed by atoms with van der Waals surface area (Å²) in [7, 11) is 0. The molecule has 1 N–H and O–H groups in total. The zero-order valence-corrected chi connectivity index (χ0v) is 15.0. The Hall–Kier alpha value is -2.63. The SMILES string of the molecule is O=C(Nc1ccccc1)C1CCN(c2cc(N3CCCC3)ncn2)CC1. The summed E-state index contributed by atoms with van der Waals surface area (Å²) < 4.78 is 0. The molecule has 0 aliphatic carbocycles. The lowest BCUT2D eigenvalue weighted by Gasteiger charge is -2.32. The van der Waals surface area contributed by atoms with E-state index < -0.39 is 0 Å². The molecule has 0 spiro atoms. The van der Waals surface area contributed by atoms with Crippen molar-refractivity contribution in [2.24, 2.45) is 5.92 Å². The highest BCUT2D eigenvalue weighted by Gasteiger charge is 2.26. The first-order chi connectivity index (χ1) is 12.8. The molecule has 2 fully saturated rings. The van der Waals surface area contributed by atoms with Crippen LogP contribution in [0.15, 0.2) is 42.7 Å². The number of hydrogen-bond acceptors (Lipinski definition) is 5. The van der Waals surface area contributed by atoms with Crippen molar-refractivity contribution < 1.29 is 4.79 Å². The Bertz CT molecular complexity index is 737. The molecule has 3 heterocycles. The van der Waals surface area contributed by atoms with E-state index in [1.807, 2.05) is 30.3 Å². The number of rotatable bonds is 4. The minimum Gasteiger partial charge on any atom is -0.356 e. The van der Waals surface area contributed by atoms with Crippen molar-refractivity contribution in [3.63, 3.8) is 0 Å². The van der Waals surface area contributed by atoms with Crippen LogP contribution in [0.3, 0.4) is 0 Å². The van der Waals surface area contributed by atoms with Crippen LogP contribution in [0.1, 0.15) is 25.7 Å². The summed E-state index contributed by atoms with van der Waals surface area (Å²) in [4.78, 5) is 26.0. The minimum atomic E-state index is 0.0614. The van der Waals surface area contributed by atoms with Crippen molar-refractivity contribution in [1.29, 1.82) is 0 Å². The number of anilines is 3. The van der Waals surface area contributed by atoms with Crippen LogP contribution in [0.4, 0.5) is 17.3 Å². The molecule has 136 valence electrons. The first-order valence-electron chi connectivity index (χ1n) is 9.47. The highest BCUT2D eigenvalue weighted by molar-refractivity contribution is 5.92. The van der Waals surface area contributed by atoms with Crippen molar-refractivity contribution in [3.05, 3.63) is 42.7 Å². The van der Waals surface area contributed by atoms with Crippen LogP contribution >= 0.6 is 0 Å². The number of nitrogens with zero attached hydrogens (tertiary/aromatic N) is 4. The average molecular weight is 351 g/mol. The fourth-order valence-electron chi connectivity index (χ4n) is 3.77. The van der Waals surface area contributed by atoms with Gasteiger partial charge in [0.1, 0.15) is 18.0 Å². The fourth-order valence-corrected chi connectivity index (χ4v) is 3.77. The topological polar surface area (TPSA) is 61.4 Å². The van der Waals surface area contributed by atoms with Gasteiger partial charge in [0.05, 0.1) is 0 Å². The van der Waals surface area contributed by atoms with Gasteiger partial charge in [-0.25, -0.2) is 9.97 Å². The van der Waals surface area contributed by atoms with Crippen LogP contribution < -0.4 is 15.1 Å². The molecule has 0 atom stereocenters. The third-order valence-electron chi connectivity index (χ3n) is 5.30. The Morgan fingerprint density at radius 1 is 0.923 bits per heavy atom. The normalized spacial score (nSPS) is 18.2. The maximum Gasteiger partial charge on any atom is 0.227 e. The number of benzene rings is 1. The van der Waals surface area contributed by atoms with E-state index in [4.69, 9.17) is 0 Å². The van der Waals surface area contributed by atoms with Crippen molar-refractivity contribution in [3.8, 4) is 0 Å². The molecule has 0 unspecified atom stereocenters. The first-order valence-corrected chi connectivity index (χ1v) is 9.47. The fraction of sp³-hybridized carbons (Fsp3) is 0.450. The lowest BCUT2D eigenvalue weighted by Crippen LogP contribution is -2.38. The molecule has 1 aromatic heterocycles. The van der Waals surface area contributed by atoms with Gasteiger partial charge in [0.2, 0.25) is 5.91 Å². The van der Waals surface area contributed by atoms with E-state index in [0.717, 1.165) is 56.3 Å². The van der Waals surface area contributed by atoms with Gasteiger partial charge in [-0.3, -0.25) is 4.79 Å². The molecule has 1 aromatic carbocycles. The summed E-state index contributed by atoms with van der Waals surface area (Å²) in [5, 5.41) is 3.02. The number of carbonyl (C=O) groups excluding carboxylic acids is 1. The van der Waals surface area contributed by atoms with Crippen LogP contribution in [0, 0.1) is 5.92 Å². The van der Waals surface area contributed by atoms with Gasteiger partial charge in [-0.1, -0.05) is 18.2 Å². The standard InChI is InChI=1S/C20H25N5O/c26-20(23-17-6-2-1-3-7-17)16-8-12-25(13-9-16)19-14-18(21-15-22-19)24-10-4-5-11-24/h1-3,6-7,14-16H,4-5,8-13H2,(H,23,26). The molecule has 0 radical (unpaired) electrons. The summed E-state index contributed by atoms with van der Waals surface area (Å²) in [6.07, 6.45) is 5.84. The average Bonchev–Trinajstić information content (AvgIpc) is 3.24. The van der Waals surface area contributed by atoms with E-state index in [1.54, 1.807) is 6.33 Å². The lowest BCUT2D eigenvalue weighted by atomic mass is 9.96. The molecule has 0 saturated carbocycles. The molecule has 2 saturated heterocycles. The first kappa shape index (κ1) is 16.8. The second-order valence-corrected chi connectivity index (χ2v) is 7.05. The summed E-state index contributed by atoms with van der Waals surface area (Å²) in [5.74, 6) is 2.18. The maximum atomic E-state index is 12.5. The Morgan fingerprint density at radius 3 is 2.19 bits per heavy atom. The van der Waals surface area contributed by atoms with E-state index in [-0.39, 0.29) is 11.8 Å². The third-order valence-corrected chi connectivity index (χ3v) is 5.30. The van der Waals surface area contributed by atoms with Gasteiger partial charge >= 0.3 is 0 Å². The summed E-state index contributed by atoms with van der Waals surface area (Å²) in [6, 6.07) is 11.8. The van der Waals surface area contributed by atoms with Gasteiger partial charge in [-0.05, 0) is 37.8 Å². The van der Waals surface area contributed by atoms with Gasteiger partial charge in [-0.2, -0.15) is 0 Å². The van der Waals surface area contributed by atoms with Crippen molar-refractivity contribution in [2.75, 3.05) is 41.3 Å². The predicted molar refractivity (Wildman–Crippen MR) is 103 cm³/mol. The quantitative estimate of drug-likeness (QED) is 0.918. The molecule has 0 bridgehead atoms. The van der Waals surface area contributed by atoms with Gasteiger partial charge in [0.15, 0.2) is 0 Å². The predicted octanol–water partition coefficient (Wildman–Crippen LogP) is 2.93. The largest absolute Gasteiger partial charge is 0.356 e. The van der Waals surface area contributed by atoms with E-state index in [9.17, 15) is 4.79 Å². The molecular weight excluding hydrogens is 326 g/mol. The van der Waals surface area contributed by atoms with Crippen LogP contribution in [-0.4, -0.2) is 42.1 Å². The summed E-state index contributed by atoms with van der Waals surface area (Å²) in [6.45, 7) is 3.86. The number of piperidine rings is 1. The Morgan fingerprint density at radius 2 is 1.54 bits per heavy atom. The second kappa shape index (κ2) is 7.72. The minimum absolute atomic E-state index is 0.0614. The summed E-state index contributed by atoms with van der Waals surface area (Å²) >= 11 is 0. The number of para-hydroxylation sites is 1. The molecule has 6 heteroatoms. The lowest BCUT2D eigenvalue weighted by molar-refractivity contribution is -0.120. The Balaban J connectivity index is 1.34. The molecular formula is C20H25N5O. The number of nitrogens with one attached hydrogen (secondary N) is 1. The van der Waals surface area contributed by atoms with E-state index >= 15 is 0 Å². The zero-order chi connectivity index (χ0) is 17.8. The van der Waals surface area contributed by atoms with Gasteiger partial charge in [0, 0.05) is 43.9 Å². The van der Waals surface area contributed by atoms with Crippen LogP contribution in [0.5, 0.6) is 0 Å². The smallest absolute Gasteiger partial charge is 0.227 e. The van der Waals surface area contributed by atoms with E-state index in [0.29, 0.717) is 0 Å². The van der Waals surface area contributed by atoms with Crippen LogP contribution in [0.25, 0.3) is 0 Å². The van der Waals surface area contributed by atoms with Crippen molar-refractivity contribution in [1.82, 2.24) is 9.97 Å². The Labute approximate surface area is 154 Å². The van der Waals surface area contributed by atoms with Gasteiger partial charge in [0.25, 0.3) is 0 Å². The maximum absolute atomic E-state index is 12.5. The van der Waals surface area contributed by atoms with Gasteiger partial charge < -0.3 is 15.1 Å². The van der Waals surface area contributed by atoms with Crippen molar-refractivity contribution in [2.45, 2.75) is 25.7 Å². The number of amides is 1. The second-order valence-electron chi connectivity index (χ2n) is 7.05. The number of aromatic nitrogens is 2. The monoisotopic (exact) mass is 351 g/mol. The van der Waals surface area contributed by atoms with E-state index in [1.165, 1.54) is 12.8 Å². The van der Waals surface area contributed by atoms with Crippen LogP contribution in [-0.2, 0) is 4.79 Å². The van der Waals surface area contributed by atoms with Crippen LogP contribution in [0.2, 0.25) is 0 Å². The molecule has 2 aliphatic rings. The highest BCUT2D eigenvalue weighted by atomic mass is 16.1. The molecule has 26 heavy (non-hydrogen) atoms. The third kappa shape index (κ3) is 3.79. The summed E-state index contributed by atoms with van der Waals surface area (Å²) in [5.41, 5.74) is 0.867. The highest BCUT2D eigenvalue weighted by Crippen LogP contribution is 2.26. The molecule has 2 aromatic rings. The number of carbonyl (C=O) groups is 1. The van der Waals surface area contributed by atoms with Crippen molar-refractivity contribution >= 4 is 23.2 Å².